The summed E-state index contributed by atoms with van der Waals surface area (Å²) in [6, 6.07) is 1.76. The number of halogens is 1. The molecule has 0 radical (unpaired) electrons. The number of carbonyl (C=O) groups excluding carboxylic acids is 1. The molecule has 3 nitrogen and oxygen atoms in total. The molecular formula is C8H8BrNO2. The second kappa shape index (κ2) is 4.33. The van der Waals surface area contributed by atoms with E-state index in [1.54, 1.807) is 12.3 Å². The highest BCUT2D eigenvalue weighted by Gasteiger charge is 2.02. The zero-order valence-corrected chi connectivity index (χ0v) is 7.91. The fraction of sp³-hybridized carbons (Fsp3) is 0.250. The largest absolute Gasteiger partial charge is 0.392 e. The molecule has 0 saturated heterocycles. The normalized spacial score (nSPS) is 9.83. The van der Waals surface area contributed by atoms with Crippen molar-refractivity contribution in [2.75, 3.05) is 0 Å². The third-order valence-electron chi connectivity index (χ3n) is 1.47. The second-order valence-electron chi connectivity index (χ2n) is 2.29. The van der Waals surface area contributed by atoms with Gasteiger partial charge in [-0.2, -0.15) is 0 Å². The van der Waals surface area contributed by atoms with Crippen LogP contribution in [0.15, 0.2) is 16.7 Å². The molecular weight excluding hydrogens is 222 g/mol. The van der Waals surface area contributed by atoms with E-state index in [9.17, 15) is 4.79 Å². The van der Waals surface area contributed by atoms with Gasteiger partial charge < -0.3 is 9.90 Å². The number of aliphatic hydroxyl groups is 1. The Balaban J connectivity index is 3.01. The Labute approximate surface area is 78.6 Å². The van der Waals surface area contributed by atoms with Gasteiger partial charge in [-0.05, 0) is 22.0 Å². The molecule has 0 fully saturated rings. The number of carbonyl (C=O) groups is 1. The lowest BCUT2D eigenvalue weighted by Gasteiger charge is -2.02. The highest BCUT2D eigenvalue weighted by molar-refractivity contribution is 9.10. The Hall–Kier alpha value is -0.740. The Morgan fingerprint density at radius 1 is 1.67 bits per heavy atom. The molecule has 0 spiro atoms. The van der Waals surface area contributed by atoms with E-state index >= 15 is 0 Å². The lowest BCUT2D eigenvalue weighted by Crippen LogP contribution is -1.98. The third kappa shape index (κ3) is 2.12. The molecule has 0 atom stereocenters. The fourth-order valence-corrected chi connectivity index (χ4v) is 1.29. The molecule has 0 saturated carbocycles. The Morgan fingerprint density at radius 2 is 2.42 bits per heavy atom. The van der Waals surface area contributed by atoms with Gasteiger partial charge in [0.15, 0.2) is 0 Å². The minimum atomic E-state index is -0.0877. The number of hydrogen-bond donors (Lipinski definition) is 1. The number of pyridine rings is 1. The Kier molecular flexibility index (Phi) is 3.37. The predicted octanol–water partition coefficient (Wildman–Crippen LogP) is 1.08. The minimum Gasteiger partial charge on any atom is -0.392 e. The van der Waals surface area contributed by atoms with E-state index in [1.807, 2.05) is 0 Å². The standard InChI is InChI=1S/C8H8BrNO2/c9-7-3-6(5-12)8(1-2-11)10-4-7/h2-4,12H,1,5H2. The summed E-state index contributed by atoms with van der Waals surface area (Å²) < 4.78 is 0.807. The number of aldehydes is 1. The molecule has 1 heterocycles. The van der Waals surface area contributed by atoms with E-state index in [1.165, 1.54) is 0 Å². The lowest BCUT2D eigenvalue weighted by atomic mass is 10.2. The highest BCUT2D eigenvalue weighted by atomic mass is 79.9. The molecule has 0 aliphatic carbocycles. The van der Waals surface area contributed by atoms with Gasteiger partial charge in [-0.3, -0.25) is 4.98 Å². The van der Waals surface area contributed by atoms with Crippen molar-refractivity contribution < 1.29 is 9.90 Å². The van der Waals surface area contributed by atoms with E-state index < -0.39 is 0 Å². The minimum absolute atomic E-state index is 0.0877. The first-order valence-electron chi connectivity index (χ1n) is 3.45. The van der Waals surface area contributed by atoms with Gasteiger partial charge >= 0.3 is 0 Å². The second-order valence-corrected chi connectivity index (χ2v) is 3.20. The van der Waals surface area contributed by atoms with Gasteiger partial charge in [-0.25, -0.2) is 0 Å². The molecule has 0 unspecified atom stereocenters. The quantitative estimate of drug-likeness (QED) is 0.790. The van der Waals surface area contributed by atoms with Crippen LogP contribution in [0.5, 0.6) is 0 Å². The molecule has 0 bridgehead atoms. The monoisotopic (exact) mass is 229 g/mol. The smallest absolute Gasteiger partial charge is 0.125 e. The summed E-state index contributed by atoms with van der Waals surface area (Å²) in [5.74, 6) is 0. The van der Waals surface area contributed by atoms with Gasteiger partial charge in [0.25, 0.3) is 0 Å². The van der Waals surface area contributed by atoms with Crippen molar-refractivity contribution in [1.82, 2.24) is 4.98 Å². The van der Waals surface area contributed by atoms with E-state index in [0.29, 0.717) is 11.3 Å². The number of rotatable bonds is 3. The van der Waals surface area contributed by atoms with Crippen LogP contribution in [0.3, 0.4) is 0 Å². The van der Waals surface area contributed by atoms with Crippen LogP contribution in [0.25, 0.3) is 0 Å². The SMILES string of the molecule is O=CCc1ncc(Br)cc1CO. The first-order valence-corrected chi connectivity index (χ1v) is 4.25. The van der Waals surface area contributed by atoms with Gasteiger partial charge in [0, 0.05) is 22.7 Å². The molecule has 1 rings (SSSR count). The highest BCUT2D eigenvalue weighted by Crippen LogP contribution is 2.13. The lowest BCUT2D eigenvalue weighted by molar-refractivity contribution is -0.107. The third-order valence-corrected chi connectivity index (χ3v) is 1.91. The van der Waals surface area contributed by atoms with Crippen LogP contribution in [0, 0.1) is 0 Å². The molecule has 1 aromatic heterocycles. The van der Waals surface area contributed by atoms with Crippen molar-refractivity contribution in [1.29, 1.82) is 0 Å². The maximum absolute atomic E-state index is 10.2. The molecule has 0 aliphatic heterocycles. The van der Waals surface area contributed by atoms with Crippen molar-refractivity contribution in [2.24, 2.45) is 0 Å². The van der Waals surface area contributed by atoms with Gasteiger partial charge in [0.05, 0.1) is 12.3 Å². The van der Waals surface area contributed by atoms with Gasteiger partial charge in [0.2, 0.25) is 0 Å². The molecule has 1 N–H and O–H groups in total. The van der Waals surface area contributed by atoms with Crippen LogP contribution < -0.4 is 0 Å². The topological polar surface area (TPSA) is 50.2 Å². The summed E-state index contributed by atoms with van der Waals surface area (Å²) in [6.45, 7) is -0.0877. The van der Waals surface area contributed by atoms with Crippen molar-refractivity contribution in [2.45, 2.75) is 13.0 Å². The number of aliphatic hydroxyl groups excluding tert-OH is 1. The van der Waals surface area contributed by atoms with E-state index in [4.69, 9.17) is 5.11 Å². The average molecular weight is 230 g/mol. The summed E-state index contributed by atoms with van der Waals surface area (Å²) in [7, 11) is 0. The molecule has 0 aliphatic rings. The van der Waals surface area contributed by atoms with Crippen LogP contribution in [-0.4, -0.2) is 16.4 Å². The van der Waals surface area contributed by atoms with Crippen molar-refractivity contribution in [3.63, 3.8) is 0 Å². The Morgan fingerprint density at radius 3 is 3.00 bits per heavy atom. The predicted molar refractivity (Wildman–Crippen MR) is 47.6 cm³/mol. The summed E-state index contributed by atoms with van der Waals surface area (Å²) in [5.41, 5.74) is 1.33. The van der Waals surface area contributed by atoms with E-state index in [0.717, 1.165) is 10.8 Å². The van der Waals surface area contributed by atoms with Crippen LogP contribution in [-0.2, 0) is 17.8 Å². The molecule has 12 heavy (non-hydrogen) atoms. The zero-order chi connectivity index (χ0) is 8.97. The molecule has 0 aromatic carbocycles. The van der Waals surface area contributed by atoms with E-state index in [2.05, 4.69) is 20.9 Å². The molecule has 1 aromatic rings. The van der Waals surface area contributed by atoms with E-state index in [-0.39, 0.29) is 13.0 Å². The number of aromatic nitrogens is 1. The summed E-state index contributed by atoms with van der Waals surface area (Å²) in [5, 5.41) is 8.89. The van der Waals surface area contributed by atoms with Crippen molar-refractivity contribution >= 4 is 22.2 Å². The van der Waals surface area contributed by atoms with Gasteiger partial charge in [-0.15, -0.1) is 0 Å². The van der Waals surface area contributed by atoms with Crippen LogP contribution in [0.1, 0.15) is 11.3 Å². The van der Waals surface area contributed by atoms with Crippen LogP contribution in [0.4, 0.5) is 0 Å². The maximum Gasteiger partial charge on any atom is 0.125 e. The number of nitrogens with zero attached hydrogens (tertiary/aromatic N) is 1. The molecule has 64 valence electrons. The Bertz CT molecular complexity index is 288. The van der Waals surface area contributed by atoms with Crippen molar-refractivity contribution in [3.8, 4) is 0 Å². The summed E-state index contributed by atoms with van der Waals surface area (Å²) >= 11 is 3.23. The number of hydrogen-bond acceptors (Lipinski definition) is 3. The van der Waals surface area contributed by atoms with Crippen LogP contribution >= 0.6 is 15.9 Å². The average Bonchev–Trinajstić information content (AvgIpc) is 2.08. The van der Waals surface area contributed by atoms with Gasteiger partial charge in [-0.1, -0.05) is 0 Å². The fourth-order valence-electron chi connectivity index (χ4n) is 0.909. The maximum atomic E-state index is 10.2. The van der Waals surface area contributed by atoms with Crippen molar-refractivity contribution in [3.05, 3.63) is 28.0 Å². The summed E-state index contributed by atoms with van der Waals surface area (Å²) in [4.78, 5) is 14.2. The zero-order valence-electron chi connectivity index (χ0n) is 6.33. The molecule has 0 amide bonds. The van der Waals surface area contributed by atoms with Crippen LogP contribution in [0.2, 0.25) is 0 Å². The summed E-state index contributed by atoms with van der Waals surface area (Å²) in [6.07, 6.45) is 2.64. The van der Waals surface area contributed by atoms with Gasteiger partial charge in [0.1, 0.15) is 6.29 Å². The first-order chi connectivity index (χ1) is 5.77. The molecule has 4 heteroatoms. The first kappa shape index (κ1) is 9.35.